The van der Waals surface area contributed by atoms with Gasteiger partial charge in [0.1, 0.15) is 6.10 Å². The van der Waals surface area contributed by atoms with Crippen molar-refractivity contribution in [3.05, 3.63) is 0 Å². The smallest absolute Gasteiger partial charge is 0.305 e. The van der Waals surface area contributed by atoms with Gasteiger partial charge in [-0.3, -0.25) is 4.79 Å². The second-order valence-corrected chi connectivity index (χ2v) is 11.6. The van der Waals surface area contributed by atoms with Crippen molar-refractivity contribution in [2.45, 2.75) is 122 Å². The Balaban J connectivity index is 1.39. The third kappa shape index (κ3) is 2.54. The van der Waals surface area contributed by atoms with Crippen LogP contribution in [-0.4, -0.2) is 34.5 Å². The summed E-state index contributed by atoms with van der Waals surface area (Å²) >= 11 is 0. The number of rotatable bonds is 4. The number of hydrogen-bond acceptors (Lipinski definition) is 4. The average molecular weight is 405 g/mol. The van der Waals surface area contributed by atoms with Crippen molar-refractivity contribution < 1.29 is 19.4 Å². The predicted octanol–water partition coefficient (Wildman–Crippen LogP) is 5.01. The van der Waals surface area contributed by atoms with Crippen molar-refractivity contribution in [1.82, 2.24) is 0 Å². The Morgan fingerprint density at radius 3 is 2.62 bits per heavy atom. The van der Waals surface area contributed by atoms with Gasteiger partial charge in [0.25, 0.3) is 0 Å². The molecule has 5 rings (SSSR count). The molecule has 3 aliphatic carbocycles. The second kappa shape index (κ2) is 6.45. The maximum atomic E-state index is 12.0. The first-order valence-corrected chi connectivity index (χ1v) is 12.3. The van der Waals surface area contributed by atoms with Gasteiger partial charge in [0, 0.05) is 23.7 Å². The van der Waals surface area contributed by atoms with Crippen molar-refractivity contribution in [3.8, 4) is 0 Å². The summed E-state index contributed by atoms with van der Waals surface area (Å²) in [4.78, 5) is 12.0. The number of carbonyl (C=O) groups is 1. The van der Waals surface area contributed by atoms with Crippen LogP contribution in [0.3, 0.4) is 0 Å². The summed E-state index contributed by atoms with van der Waals surface area (Å²) < 4.78 is 12.6. The van der Waals surface area contributed by atoms with E-state index in [1.165, 1.54) is 19.3 Å². The van der Waals surface area contributed by atoms with Gasteiger partial charge in [-0.25, -0.2) is 0 Å². The van der Waals surface area contributed by atoms with Crippen LogP contribution in [0.4, 0.5) is 0 Å². The summed E-state index contributed by atoms with van der Waals surface area (Å²) in [5.41, 5.74) is -0.366. The molecule has 0 aromatic carbocycles. The SMILES string of the molecule is CCCC1(O)CC23CC[C@@H]4[C@@H](CC[C@]5(C)C(OC(=O)CC)CC[C@@H]45)[C@@]2(C)CC1O3. The summed E-state index contributed by atoms with van der Waals surface area (Å²) in [5.74, 6) is 2.03. The molecule has 2 heterocycles. The van der Waals surface area contributed by atoms with Gasteiger partial charge in [0.05, 0.1) is 17.3 Å². The molecule has 4 heteroatoms. The van der Waals surface area contributed by atoms with E-state index < -0.39 is 5.60 Å². The Bertz CT molecular complexity index is 692. The van der Waals surface area contributed by atoms with Crippen LogP contribution >= 0.6 is 0 Å². The molecule has 2 aliphatic heterocycles. The molecule has 2 bridgehead atoms. The highest BCUT2D eigenvalue weighted by Gasteiger charge is 2.74. The van der Waals surface area contributed by atoms with Crippen LogP contribution < -0.4 is 0 Å². The maximum absolute atomic E-state index is 12.0. The van der Waals surface area contributed by atoms with E-state index >= 15 is 0 Å². The Kier molecular flexibility index (Phi) is 4.51. The van der Waals surface area contributed by atoms with Crippen LogP contribution in [0.25, 0.3) is 0 Å². The molecular weight excluding hydrogens is 364 g/mol. The molecule has 4 nitrogen and oxygen atoms in total. The molecule has 164 valence electrons. The van der Waals surface area contributed by atoms with Crippen molar-refractivity contribution in [2.24, 2.45) is 28.6 Å². The fourth-order valence-electron chi connectivity index (χ4n) is 9.04. The van der Waals surface area contributed by atoms with E-state index in [0.717, 1.165) is 50.9 Å². The number of carbonyl (C=O) groups excluding carboxylic acids is 1. The van der Waals surface area contributed by atoms with E-state index in [-0.39, 0.29) is 34.6 Å². The molecule has 3 saturated carbocycles. The van der Waals surface area contributed by atoms with Crippen LogP contribution in [0.15, 0.2) is 0 Å². The summed E-state index contributed by atoms with van der Waals surface area (Å²) in [6, 6.07) is 0. The van der Waals surface area contributed by atoms with Gasteiger partial charge in [-0.1, -0.05) is 34.1 Å². The standard InChI is InChI=1S/C25H40O4/c1-5-11-24(27)15-25-13-9-16-17-7-8-19(28-21(26)6-2)22(17,3)12-10-18(16)23(25,4)14-20(24)29-25/h16-20,27H,5-15H2,1-4H3/t16-,17-,18+,19?,20?,22-,23+,24?,25?/m0/s1. The minimum atomic E-state index is -0.600. The molecule has 1 spiro atoms. The zero-order valence-electron chi connectivity index (χ0n) is 18.8. The molecule has 0 amide bonds. The maximum Gasteiger partial charge on any atom is 0.305 e. The largest absolute Gasteiger partial charge is 0.462 e. The zero-order chi connectivity index (χ0) is 20.7. The van der Waals surface area contributed by atoms with Gasteiger partial charge in [-0.05, 0) is 69.1 Å². The van der Waals surface area contributed by atoms with Gasteiger partial charge < -0.3 is 14.6 Å². The number of esters is 1. The normalized spacial score (nSPS) is 55.3. The van der Waals surface area contributed by atoms with Gasteiger partial charge in [-0.2, -0.15) is 0 Å². The number of aliphatic hydroxyl groups is 1. The number of fused-ring (bicyclic) bond motifs is 5. The van der Waals surface area contributed by atoms with E-state index in [9.17, 15) is 9.90 Å². The minimum Gasteiger partial charge on any atom is -0.462 e. The Labute approximate surface area is 176 Å². The first kappa shape index (κ1) is 20.3. The molecule has 5 fully saturated rings. The lowest BCUT2D eigenvalue weighted by Crippen LogP contribution is -2.61. The quantitative estimate of drug-likeness (QED) is 0.669. The lowest BCUT2D eigenvalue weighted by atomic mass is 9.43. The average Bonchev–Trinajstić information content (AvgIpc) is 3.26. The van der Waals surface area contributed by atoms with Crippen LogP contribution in [-0.2, 0) is 14.3 Å². The van der Waals surface area contributed by atoms with Crippen molar-refractivity contribution in [1.29, 1.82) is 0 Å². The molecule has 4 unspecified atom stereocenters. The highest BCUT2D eigenvalue weighted by atomic mass is 16.5. The molecule has 1 N–H and O–H groups in total. The molecule has 0 aromatic rings. The highest BCUT2D eigenvalue weighted by Crippen LogP contribution is 2.73. The molecule has 9 atom stereocenters. The van der Waals surface area contributed by atoms with Crippen molar-refractivity contribution >= 4 is 5.97 Å². The highest BCUT2D eigenvalue weighted by molar-refractivity contribution is 5.69. The second-order valence-electron chi connectivity index (χ2n) is 11.6. The lowest BCUT2D eigenvalue weighted by molar-refractivity contribution is -0.174. The Morgan fingerprint density at radius 1 is 1.10 bits per heavy atom. The number of ether oxygens (including phenoxy) is 2. The van der Waals surface area contributed by atoms with Gasteiger partial charge >= 0.3 is 5.97 Å². The van der Waals surface area contributed by atoms with E-state index in [0.29, 0.717) is 18.3 Å². The van der Waals surface area contributed by atoms with E-state index in [4.69, 9.17) is 9.47 Å². The first-order chi connectivity index (χ1) is 13.7. The van der Waals surface area contributed by atoms with E-state index in [1.807, 2.05) is 6.92 Å². The fraction of sp³-hybridized carbons (Fsp3) is 0.960. The van der Waals surface area contributed by atoms with Gasteiger partial charge in [0.15, 0.2) is 0 Å². The molecule has 2 saturated heterocycles. The Hall–Kier alpha value is -0.610. The first-order valence-electron chi connectivity index (χ1n) is 12.3. The molecule has 0 radical (unpaired) electrons. The minimum absolute atomic E-state index is 0.0290. The van der Waals surface area contributed by atoms with Crippen LogP contribution in [0.2, 0.25) is 0 Å². The third-order valence-electron chi connectivity index (χ3n) is 10.5. The van der Waals surface area contributed by atoms with Crippen LogP contribution in [0, 0.1) is 28.6 Å². The van der Waals surface area contributed by atoms with Crippen LogP contribution in [0.1, 0.15) is 98.3 Å². The lowest BCUT2D eigenvalue weighted by Gasteiger charge is -2.61. The fourth-order valence-corrected chi connectivity index (χ4v) is 9.04. The summed E-state index contributed by atoms with van der Waals surface area (Å²) in [6.07, 6.45) is 11.3. The zero-order valence-corrected chi connectivity index (χ0v) is 18.8. The topological polar surface area (TPSA) is 55.8 Å². The molecule has 0 aromatic heterocycles. The number of hydrogen-bond donors (Lipinski definition) is 1. The van der Waals surface area contributed by atoms with E-state index in [1.54, 1.807) is 0 Å². The molecule has 5 aliphatic rings. The third-order valence-corrected chi connectivity index (χ3v) is 10.5. The summed E-state index contributed by atoms with van der Waals surface area (Å²) in [6.45, 7) is 8.95. The van der Waals surface area contributed by atoms with E-state index in [2.05, 4.69) is 20.8 Å². The van der Waals surface area contributed by atoms with Gasteiger partial charge in [0.2, 0.25) is 0 Å². The summed E-state index contributed by atoms with van der Waals surface area (Å²) in [7, 11) is 0. The summed E-state index contributed by atoms with van der Waals surface area (Å²) in [5, 5.41) is 11.3. The molecule has 29 heavy (non-hydrogen) atoms. The Morgan fingerprint density at radius 2 is 1.90 bits per heavy atom. The van der Waals surface area contributed by atoms with Gasteiger partial charge in [-0.15, -0.1) is 0 Å². The predicted molar refractivity (Wildman–Crippen MR) is 111 cm³/mol. The van der Waals surface area contributed by atoms with Crippen molar-refractivity contribution in [2.75, 3.05) is 0 Å². The van der Waals surface area contributed by atoms with Crippen LogP contribution in [0.5, 0.6) is 0 Å². The van der Waals surface area contributed by atoms with Crippen molar-refractivity contribution in [3.63, 3.8) is 0 Å². The molecular formula is C25H40O4. The monoisotopic (exact) mass is 404 g/mol.